The SMILES string of the molecule is COc1cc(C(=O)N(C)C)ccc1Nc1nc(OC)c2c(-c3ccc4c(C)noc4c3)c[nH]c2n1. The number of H-pyrrole nitrogens is 1. The third kappa shape index (κ3) is 3.88. The topological polar surface area (TPSA) is 118 Å². The molecule has 35 heavy (non-hydrogen) atoms. The first kappa shape index (κ1) is 22.2. The molecule has 0 unspecified atom stereocenters. The van der Waals surface area contributed by atoms with Gasteiger partial charge in [0.25, 0.3) is 5.91 Å². The quantitative estimate of drug-likeness (QED) is 0.370. The summed E-state index contributed by atoms with van der Waals surface area (Å²) in [5, 5.41) is 8.91. The van der Waals surface area contributed by atoms with Crippen molar-refractivity contribution in [2.24, 2.45) is 0 Å². The average Bonchev–Trinajstić information content (AvgIpc) is 3.46. The molecule has 0 spiro atoms. The van der Waals surface area contributed by atoms with Crippen LogP contribution in [0.5, 0.6) is 11.6 Å². The number of aromatic nitrogens is 4. The van der Waals surface area contributed by atoms with E-state index in [4.69, 9.17) is 14.0 Å². The maximum atomic E-state index is 12.3. The van der Waals surface area contributed by atoms with Gasteiger partial charge in [0.2, 0.25) is 11.8 Å². The third-order valence-electron chi connectivity index (χ3n) is 5.76. The highest BCUT2D eigenvalue weighted by Crippen LogP contribution is 2.37. The molecule has 0 saturated heterocycles. The van der Waals surface area contributed by atoms with E-state index in [9.17, 15) is 4.79 Å². The molecule has 0 bridgehead atoms. The highest BCUT2D eigenvalue weighted by atomic mass is 16.5. The number of rotatable bonds is 6. The molecular formula is C25H24N6O4. The molecule has 3 heterocycles. The largest absolute Gasteiger partial charge is 0.495 e. The number of carbonyl (C=O) groups excluding carboxylic acids is 1. The van der Waals surface area contributed by atoms with Crippen molar-refractivity contribution in [1.82, 2.24) is 25.0 Å². The minimum Gasteiger partial charge on any atom is -0.495 e. The molecule has 2 N–H and O–H groups in total. The van der Waals surface area contributed by atoms with E-state index in [1.165, 1.54) is 4.90 Å². The zero-order valence-corrected chi connectivity index (χ0v) is 20.0. The summed E-state index contributed by atoms with van der Waals surface area (Å²) < 4.78 is 16.5. The first-order valence-corrected chi connectivity index (χ1v) is 10.9. The summed E-state index contributed by atoms with van der Waals surface area (Å²) in [6.45, 7) is 1.91. The lowest BCUT2D eigenvalue weighted by atomic mass is 10.0. The molecule has 5 aromatic rings. The monoisotopic (exact) mass is 472 g/mol. The molecule has 3 aromatic heterocycles. The van der Waals surface area contributed by atoms with Gasteiger partial charge in [0.1, 0.15) is 11.4 Å². The van der Waals surface area contributed by atoms with Crippen molar-refractivity contribution in [3.63, 3.8) is 0 Å². The van der Waals surface area contributed by atoms with Crippen LogP contribution < -0.4 is 14.8 Å². The van der Waals surface area contributed by atoms with E-state index in [1.807, 2.05) is 31.3 Å². The molecule has 1 amide bonds. The molecule has 2 aromatic carbocycles. The standard InChI is InChI=1S/C25H24N6O4/c1-13-16-8-6-14(10-19(16)35-30-13)17-12-26-22-21(17)23(34-5)29-25(28-22)27-18-9-7-15(11-20(18)33-4)24(32)31(2)3/h6-12H,1-5H3,(H2,26,27,28,29). The maximum absolute atomic E-state index is 12.3. The van der Waals surface area contributed by atoms with Crippen LogP contribution in [0.1, 0.15) is 16.1 Å². The predicted octanol–water partition coefficient (Wildman–Crippen LogP) is 4.54. The number of nitrogens with one attached hydrogen (secondary N) is 2. The van der Waals surface area contributed by atoms with Crippen LogP contribution in [0.3, 0.4) is 0 Å². The fourth-order valence-corrected chi connectivity index (χ4v) is 3.97. The smallest absolute Gasteiger partial charge is 0.253 e. The Labute approximate surface area is 200 Å². The Kier molecular flexibility index (Phi) is 5.48. The lowest BCUT2D eigenvalue weighted by Crippen LogP contribution is -2.21. The van der Waals surface area contributed by atoms with E-state index in [1.54, 1.807) is 46.5 Å². The average molecular weight is 473 g/mol. The van der Waals surface area contributed by atoms with Gasteiger partial charge in [-0.25, -0.2) is 0 Å². The van der Waals surface area contributed by atoms with Gasteiger partial charge in [0.05, 0.1) is 31.0 Å². The van der Waals surface area contributed by atoms with E-state index in [-0.39, 0.29) is 5.91 Å². The first-order valence-electron chi connectivity index (χ1n) is 10.9. The fraction of sp³-hybridized carbons (Fsp3) is 0.200. The van der Waals surface area contributed by atoms with Crippen molar-refractivity contribution < 1.29 is 18.8 Å². The number of hydrogen-bond acceptors (Lipinski definition) is 8. The van der Waals surface area contributed by atoms with Gasteiger partial charge < -0.3 is 29.2 Å². The van der Waals surface area contributed by atoms with Gasteiger partial charge in [-0.2, -0.15) is 9.97 Å². The van der Waals surface area contributed by atoms with Crippen molar-refractivity contribution >= 4 is 39.5 Å². The second-order valence-electron chi connectivity index (χ2n) is 8.20. The summed E-state index contributed by atoms with van der Waals surface area (Å²) in [6, 6.07) is 11.1. The summed E-state index contributed by atoms with van der Waals surface area (Å²) >= 11 is 0. The fourth-order valence-electron chi connectivity index (χ4n) is 3.97. The van der Waals surface area contributed by atoms with Crippen LogP contribution in [0.25, 0.3) is 33.1 Å². The van der Waals surface area contributed by atoms with E-state index < -0.39 is 0 Å². The molecule has 10 heteroatoms. The molecule has 0 aliphatic rings. The van der Waals surface area contributed by atoms with Crippen LogP contribution in [0.2, 0.25) is 0 Å². The van der Waals surface area contributed by atoms with Crippen LogP contribution in [-0.4, -0.2) is 59.2 Å². The number of hydrogen-bond donors (Lipinski definition) is 2. The van der Waals surface area contributed by atoms with E-state index in [0.29, 0.717) is 40.1 Å². The molecule has 10 nitrogen and oxygen atoms in total. The summed E-state index contributed by atoms with van der Waals surface area (Å²) in [6.07, 6.45) is 1.86. The van der Waals surface area contributed by atoms with Gasteiger partial charge in [-0.1, -0.05) is 11.2 Å². The number of ether oxygens (including phenoxy) is 2. The van der Waals surface area contributed by atoms with E-state index >= 15 is 0 Å². The minimum absolute atomic E-state index is 0.119. The third-order valence-corrected chi connectivity index (χ3v) is 5.76. The van der Waals surface area contributed by atoms with Crippen LogP contribution in [0.4, 0.5) is 11.6 Å². The highest BCUT2D eigenvalue weighted by molar-refractivity contribution is 5.99. The molecule has 5 rings (SSSR count). The van der Waals surface area contributed by atoms with E-state index in [0.717, 1.165) is 27.6 Å². The molecular weight excluding hydrogens is 448 g/mol. The Morgan fingerprint density at radius 1 is 1.09 bits per heavy atom. The van der Waals surface area contributed by atoms with Crippen molar-refractivity contribution in [2.75, 3.05) is 33.6 Å². The number of nitrogens with zero attached hydrogens (tertiary/aromatic N) is 4. The number of benzene rings is 2. The lowest BCUT2D eigenvalue weighted by molar-refractivity contribution is 0.0827. The number of amides is 1. The maximum Gasteiger partial charge on any atom is 0.253 e. The van der Waals surface area contributed by atoms with Crippen molar-refractivity contribution in [3.05, 3.63) is 53.9 Å². The normalized spacial score (nSPS) is 11.1. The summed E-state index contributed by atoms with van der Waals surface area (Å²) in [4.78, 5) is 26.2. The van der Waals surface area contributed by atoms with Gasteiger partial charge in [0, 0.05) is 36.8 Å². The minimum atomic E-state index is -0.119. The van der Waals surface area contributed by atoms with Crippen LogP contribution in [0.15, 0.2) is 47.1 Å². The summed E-state index contributed by atoms with van der Waals surface area (Å²) in [5.74, 6) is 1.09. The zero-order valence-electron chi connectivity index (χ0n) is 20.0. The van der Waals surface area contributed by atoms with Gasteiger partial charge in [-0.05, 0) is 42.8 Å². The Morgan fingerprint density at radius 3 is 2.66 bits per heavy atom. The molecule has 0 aliphatic heterocycles. The summed E-state index contributed by atoms with van der Waals surface area (Å²) in [5.41, 5.74) is 5.07. The number of fused-ring (bicyclic) bond motifs is 2. The molecule has 0 fully saturated rings. The molecule has 0 aliphatic carbocycles. The number of aryl methyl sites for hydroxylation is 1. The van der Waals surface area contributed by atoms with E-state index in [2.05, 4.69) is 25.4 Å². The lowest BCUT2D eigenvalue weighted by Gasteiger charge is -2.14. The van der Waals surface area contributed by atoms with Gasteiger partial charge in [0.15, 0.2) is 5.58 Å². The van der Waals surface area contributed by atoms with Crippen molar-refractivity contribution in [2.45, 2.75) is 6.92 Å². The van der Waals surface area contributed by atoms with Crippen molar-refractivity contribution in [3.8, 4) is 22.8 Å². The van der Waals surface area contributed by atoms with Gasteiger partial charge >= 0.3 is 0 Å². The van der Waals surface area contributed by atoms with Crippen LogP contribution >= 0.6 is 0 Å². The number of aromatic amines is 1. The molecule has 0 radical (unpaired) electrons. The zero-order chi connectivity index (χ0) is 24.7. The second kappa shape index (κ2) is 8.64. The molecule has 178 valence electrons. The van der Waals surface area contributed by atoms with Crippen molar-refractivity contribution in [1.29, 1.82) is 0 Å². The Hall–Kier alpha value is -4.60. The number of carbonyl (C=O) groups is 1. The Bertz CT molecular complexity index is 1570. The number of methoxy groups -OCH3 is 2. The first-order chi connectivity index (χ1) is 16.9. The van der Waals surface area contributed by atoms with Gasteiger partial charge in [-0.3, -0.25) is 4.79 Å². The van der Waals surface area contributed by atoms with Crippen LogP contribution in [0, 0.1) is 6.92 Å². The number of anilines is 2. The Balaban J connectivity index is 1.53. The van der Waals surface area contributed by atoms with Crippen LogP contribution in [-0.2, 0) is 0 Å². The Morgan fingerprint density at radius 2 is 1.91 bits per heavy atom. The highest BCUT2D eigenvalue weighted by Gasteiger charge is 2.18. The molecule has 0 saturated carbocycles. The second-order valence-corrected chi connectivity index (χ2v) is 8.20. The summed E-state index contributed by atoms with van der Waals surface area (Å²) in [7, 11) is 6.50. The predicted molar refractivity (Wildman–Crippen MR) is 132 cm³/mol. The molecule has 0 atom stereocenters. The van der Waals surface area contributed by atoms with Gasteiger partial charge in [-0.15, -0.1) is 0 Å².